The van der Waals surface area contributed by atoms with Gasteiger partial charge in [-0.3, -0.25) is 9.48 Å². The van der Waals surface area contributed by atoms with Crippen LogP contribution in [0.15, 0.2) is 27.9 Å². The van der Waals surface area contributed by atoms with Crippen LogP contribution in [0.4, 0.5) is 5.69 Å². The Bertz CT molecular complexity index is 629. The van der Waals surface area contributed by atoms with Crippen LogP contribution >= 0.6 is 15.9 Å². The lowest BCUT2D eigenvalue weighted by Crippen LogP contribution is -2.23. The molecule has 2 rings (SSSR count). The predicted molar refractivity (Wildman–Crippen MR) is 74.5 cm³/mol. The van der Waals surface area contributed by atoms with Gasteiger partial charge in [0, 0.05) is 26.0 Å². The predicted octanol–water partition coefficient (Wildman–Crippen LogP) is 1.48. The topological polar surface area (TPSA) is 65.8 Å². The Morgan fingerprint density at radius 1 is 1.44 bits per heavy atom. The zero-order valence-electron chi connectivity index (χ0n) is 10.4. The fraction of sp³-hybridized carbons (Fsp3) is 0.333. The van der Waals surface area contributed by atoms with Crippen LogP contribution < -0.4 is 11.3 Å². The van der Waals surface area contributed by atoms with E-state index >= 15 is 0 Å². The highest BCUT2D eigenvalue weighted by Gasteiger charge is 2.08. The molecule has 0 aromatic carbocycles. The Balaban J connectivity index is 2.22. The smallest absolute Gasteiger partial charge is 0.265 e. The molecule has 18 heavy (non-hydrogen) atoms. The zero-order chi connectivity index (χ0) is 13.3. The molecule has 0 aliphatic heterocycles. The molecule has 0 aliphatic rings. The molecule has 0 atom stereocenters. The Hall–Kier alpha value is -1.56. The largest absolute Gasteiger partial charge is 0.397 e. The van der Waals surface area contributed by atoms with Crippen molar-refractivity contribution in [2.24, 2.45) is 7.05 Å². The van der Waals surface area contributed by atoms with Crippen LogP contribution in [0.1, 0.15) is 11.1 Å². The highest BCUT2D eigenvalue weighted by atomic mass is 79.9. The molecule has 0 unspecified atom stereocenters. The van der Waals surface area contributed by atoms with Gasteiger partial charge >= 0.3 is 0 Å². The van der Waals surface area contributed by atoms with E-state index in [1.807, 2.05) is 20.2 Å². The lowest BCUT2D eigenvalue weighted by Gasteiger charge is -2.09. The molecule has 0 amide bonds. The van der Waals surface area contributed by atoms with Crippen LogP contribution in [0.3, 0.4) is 0 Å². The minimum Gasteiger partial charge on any atom is -0.397 e. The number of aryl methyl sites for hydroxylation is 3. The maximum Gasteiger partial charge on any atom is 0.265 e. The molecule has 96 valence electrons. The number of hydrogen-bond acceptors (Lipinski definition) is 3. The third-order valence-corrected chi connectivity index (χ3v) is 3.84. The molecule has 2 N–H and O–H groups in total. The van der Waals surface area contributed by atoms with E-state index in [0.717, 1.165) is 17.5 Å². The quantitative estimate of drug-likeness (QED) is 0.933. The van der Waals surface area contributed by atoms with Crippen LogP contribution in [0, 0.1) is 6.92 Å². The van der Waals surface area contributed by atoms with E-state index in [1.54, 1.807) is 21.6 Å². The van der Waals surface area contributed by atoms with E-state index < -0.39 is 0 Å². The maximum absolute atomic E-state index is 12.0. The summed E-state index contributed by atoms with van der Waals surface area (Å²) < 4.78 is 3.91. The highest BCUT2D eigenvalue weighted by molar-refractivity contribution is 9.10. The zero-order valence-corrected chi connectivity index (χ0v) is 11.9. The van der Waals surface area contributed by atoms with Crippen molar-refractivity contribution in [1.29, 1.82) is 0 Å². The van der Waals surface area contributed by atoms with Crippen LogP contribution in [-0.2, 0) is 20.0 Å². The summed E-state index contributed by atoms with van der Waals surface area (Å²) in [6, 6.07) is 0. The normalized spacial score (nSPS) is 10.8. The SMILES string of the molecule is Cc1c(N)cn(CCc2cnn(C)c2)c(=O)c1Br. The van der Waals surface area contributed by atoms with Crippen molar-refractivity contribution in [2.45, 2.75) is 19.9 Å². The summed E-state index contributed by atoms with van der Waals surface area (Å²) in [5.41, 5.74) is 8.31. The number of nitrogens with zero attached hydrogens (tertiary/aromatic N) is 3. The minimum atomic E-state index is -0.0504. The number of rotatable bonds is 3. The average Bonchev–Trinajstić information content (AvgIpc) is 2.75. The summed E-state index contributed by atoms with van der Waals surface area (Å²) >= 11 is 3.28. The van der Waals surface area contributed by atoms with Crippen molar-refractivity contribution >= 4 is 21.6 Å². The van der Waals surface area contributed by atoms with E-state index in [-0.39, 0.29) is 5.56 Å². The average molecular weight is 311 g/mol. The molecule has 0 aliphatic carbocycles. The van der Waals surface area contributed by atoms with Gasteiger partial charge in [0.2, 0.25) is 0 Å². The summed E-state index contributed by atoms with van der Waals surface area (Å²) in [5, 5.41) is 4.10. The van der Waals surface area contributed by atoms with Crippen LogP contribution in [0.2, 0.25) is 0 Å². The number of hydrogen-bond donors (Lipinski definition) is 1. The molecule has 0 radical (unpaired) electrons. The Kier molecular flexibility index (Phi) is 3.56. The molecule has 0 saturated heterocycles. The van der Waals surface area contributed by atoms with Crippen molar-refractivity contribution < 1.29 is 0 Å². The monoisotopic (exact) mass is 310 g/mol. The molecule has 6 heteroatoms. The maximum atomic E-state index is 12.0. The molecule has 0 bridgehead atoms. The first-order valence-electron chi connectivity index (χ1n) is 5.61. The second-order valence-corrected chi connectivity index (χ2v) is 5.09. The lowest BCUT2D eigenvalue weighted by atomic mass is 10.2. The number of halogens is 1. The summed E-state index contributed by atoms with van der Waals surface area (Å²) in [6.07, 6.45) is 6.19. The third kappa shape index (κ3) is 2.48. The van der Waals surface area contributed by atoms with Gasteiger partial charge in [-0.15, -0.1) is 0 Å². The number of nitrogens with two attached hydrogens (primary N) is 1. The molecule has 2 aromatic rings. The number of anilines is 1. The Morgan fingerprint density at radius 2 is 2.17 bits per heavy atom. The van der Waals surface area contributed by atoms with Crippen molar-refractivity contribution in [3.63, 3.8) is 0 Å². The van der Waals surface area contributed by atoms with Crippen molar-refractivity contribution in [1.82, 2.24) is 14.3 Å². The molecule has 2 heterocycles. The van der Waals surface area contributed by atoms with E-state index in [0.29, 0.717) is 16.7 Å². The minimum absolute atomic E-state index is 0.0504. The summed E-state index contributed by atoms with van der Waals surface area (Å²) in [6.45, 7) is 2.42. The van der Waals surface area contributed by atoms with Crippen molar-refractivity contribution in [3.05, 3.63) is 44.5 Å². The Morgan fingerprint density at radius 3 is 2.78 bits per heavy atom. The number of nitrogen functional groups attached to an aromatic ring is 1. The van der Waals surface area contributed by atoms with E-state index in [9.17, 15) is 4.79 Å². The van der Waals surface area contributed by atoms with Gasteiger partial charge in [-0.1, -0.05) is 0 Å². The first-order valence-corrected chi connectivity index (χ1v) is 6.41. The van der Waals surface area contributed by atoms with Crippen LogP contribution in [0.25, 0.3) is 0 Å². The first kappa shape index (κ1) is 12.9. The van der Waals surface area contributed by atoms with E-state index in [1.165, 1.54) is 0 Å². The van der Waals surface area contributed by atoms with Gasteiger partial charge in [-0.05, 0) is 40.4 Å². The summed E-state index contributed by atoms with van der Waals surface area (Å²) in [5.74, 6) is 0. The first-order chi connectivity index (χ1) is 8.49. The third-order valence-electron chi connectivity index (χ3n) is 2.91. The van der Waals surface area contributed by atoms with Gasteiger partial charge in [-0.25, -0.2) is 0 Å². The van der Waals surface area contributed by atoms with Crippen molar-refractivity contribution in [2.75, 3.05) is 5.73 Å². The van der Waals surface area contributed by atoms with Gasteiger partial charge in [-0.2, -0.15) is 5.10 Å². The highest BCUT2D eigenvalue weighted by Crippen LogP contribution is 2.17. The molecule has 2 aromatic heterocycles. The second-order valence-electron chi connectivity index (χ2n) is 4.29. The lowest BCUT2D eigenvalue weighted by molar-refractivity contribution is 0.666. The molecular formula is C12H15BrN4O. The fourth-order valence-corrected chi connectivity index (χ4v) is 2.21. The van der Waals surface area contributed by atoms with Gasteiger partial charge in [0.25, 0.3) is 5.56 Å². The molecule has 5 nitrogen and oxygen atoms in total. The van der Waals surface area contributed by atoms with Gasteiger partial charge in [0.1, 0.15) is 0 Å². The second kappa shape index (κ2) is 4.97. The molecular weight excluding hydrogens is 296 g/mol. The molecule has 0 saturated carbocycles. The van der Waals surface area contributed by atoms with Gasteiger partial charge in [0.05, 0.1) is 16.4 Å². The van der Waals surface area contributed by atoms with Gasteiger partial charge < -0.3 is 10.3 Å². The summed E-state index contributed by atoms with van der Waals surface area (Å²) in [4.78, 5) is 12.0. The van der Waals surface area contributed by atoms with E-state index in [2.05, 4.69) is 21.0 Å². The van der Waals surface area contributed by atoms with Crippen LogP contribution in [0.5, 0.6) is 0 Å². The summed E-state index contributed by atoms with van der Waals surface area (Å²) in [7, 11) is 1.87. The Labute approximate surface area is 113 Å². The molecule has 0 spiro atoms. The van der Waals surface area contributed by atoms with Crippen LogP contribution in [-0.4, -0.2) is 14.3 Å². The molecule has 0 fully saturated rings. The number of aromatic nitrogens is 3. The van der Waals surface area contributed by atoms with Gasteiger partial charge in [0.15, 0.2) is 0 Å². The van der Waals surface area contributed by atoms with E-state index in [4.69, 9.17) is 5.73 Å². The standard InChI is InChI=1S/C12H15BrN4O/c1-8-10(14)7-17(12(18)11(8)13)4-3-9-5-15-16(2)6-9/h5-7H,3-4,14H2,1-2H3. The fourth-order valence-electron chi connectivity index (χ4n) is 1.75. The number of pyridine rings is 1. The van der Waals surface area contributed by atoms with Crippen molar-refractivity contribution in [3.8, 4) is 0 Å².